The fourth-order valence-corrected chi connectivity index (χ4v) is 3.54. The molecular weight excluding hydrogens is 436 g/mol. The van der Waals surface area contributed by atoms with Crippen LogP contribution in [-0.4, -0.2) is 47.4 Å². The minimum atomic E-state index is -0.735. The summed E-state index contributed by atoms with van der Waals surface area (Å²) >= 11 is 0. The van der Waals surface area contributed by atoms with Crippen LogP contribution in [0.25, 0.3) is 0 Å². The molecule has 0 saturated carbocycles. The van der Waals surface area contributed by atoms with Crippen molar-refractivity contribution in [1.82, 2.24) is 15.3 Å². The van der Waals surface area contributed by atoms with Crippen LogP contribution in [0.2, 0.25) is 0 Å². The predicted molar refractivity (Wildman–Crippen MR) is 128 cm³/mol. The molecule has 180 valence electrons. The Bertz CT molecular complexity index is 1140. The number of nitriles is 1. The molecule has 1 aliphatic heterocycles. The maximum Gasteiger partial charge on any atom is 0.429 e. The number of aromatic nitrogens is 1. The molecule has 3 rings (SSSR count). The van der Waals surface area contributed by atoms with Crippen molar-refractivity contribution in [1.29, 1.82) is 5.26 Å². The van der Waals surface area contributed by atoms with E-state index in [0.29, 0.717) is 11.1 Å². The number of nitrogens with one attached hydrogen (secondary N) is 3. The number of hydrazine groups is 1. The predicted octanol–water partition coefficient (Wildman–Crippen LogP) is 3.85. The number of aryl methyl sites for hydroxylation is 1. The minimum absolute atomic E-state index is 0.127. The molecule has 0 unspecified atom stereocenters. The van der Waals surface area contributed by atoms with Crippen molar-refractivity contribution in [3.63, 3.8) is 0 Å². The van der Waals surface area contributed by atoms with Crippen molar-refractivity contribution in [2.75, 3.05) is 24.5 Å². The molecule has 10 nitrogen and oxygen atoms in total. The van der Waals surface area contributed by atoms with Gasteiger partial charge in [0.15, 0.2) is 5.82 Å². The smallest absolute Gasteiger partial charge is 0.429 e. The molecule has 1 aromatic heterocycles. The number of carbonyl (C=O) groups is 2. The number of nitrogens with zero attached hydrogens (tertiary/aromatic N) is 3. The zero-order chi connectivity index (χ0) is 25.0. The highest BCUT2D eigenvalue weighted by atomic mass is 16.6. The van der Waals surface area contributed by atoms with E-state index in [1.165, 1.54) is 12.1 Å². The summed E-state index contributed by atoms with van der Waals surface area (Å²) in [4.78, 5) is 30.1. The van der Waals surface area contributed by atoms with E-state index >= 15 is 0 Å². The second-order valence-electron chi connectivity index (χ2n) is 9.09. The van der Waals surface area contributed by atoms with E-state index < -0.39 is 17.7 Å². The lowest BCUT2D eigenvalue weighted by Crippen LogP contribution is -2.47. The zero-order valence-corrected chi connectivity index (χ0v) is 20.3. The summed E-state index contributed by atoms with van der Waals surface area (Å²) in [5.41, 5.74) is 4.96. The van der Waals surface area contributed by atoms with Crippen molar-refractivity contribution in [2.24, 2.45) is 0 Å². The molecule has 1 aromatic carbocycles. The second-order valence-corrected chi connectivity index (χ2v) is 9.09. The van der Waals surface area contributed by atoms with Gasteiger partial charge in [0.05, 0.1) is 18.2 Å². The molecule has 34 heavy (non-hydrogen) atoms. The number of amides is 2. The lowest BCUT2D eigenvalue weighted by Gasteiger charge is -2.32. The first-order valence-electron chi connectivity index (χ1n) is 10.9. The maximum absolute atomic E-state index is 13.0. The summed E-state index contributed by atoms with van der Waals surface area (Å²) in [6.07, 6.45) is -0.648. The van der Waals surface area contributed by atoms with E-state index in [2.05, 4.69) is 27.1 Å². The van der Waals surface area contributed by atoms with Crippen molar-refractivity contribution in [2.45, 2.75) is 52.8 Å². The van der Waals surface area contributed by atoms with Crippen molar-refractivity contribution in [3.05, 3.63) is 46.5 Å². The average molecular weight is 467 g/mol. The van der Waals surface area contributed by atoms with Gasteiger partial charge >= 0.3 is 6.09 Å². The Balaban J connectivity index is 2.07. The van der Waals surface area contributed by atoms with Crippen LogP contribution in [0.1, 0.15) is 54.7 Å². The Labute approximate surface area is 199 Å². The molecule has 2 aromatic rings. The lowest BCUT2D eigenvalue weighted by molar-refractivity contribution is 0.0150. The van der Waals surface area contributed by atoms with Gasteiger partial charge in [-0.25, -0.2) is 14.8 Å². The molecule has 3 N–H and O–H groups in total. The molecule has 0 saturated heterocycles. The summed E-state index contributed by atoms with van der Waals surface area (Å²) in [6, 6.07) is 9.29. The van der Waals surface area contributed by atoms with Crippen LogP contribution in [0.15, 0.2) is 24.3 Å². The quantitative estimate of drug-likeness (QED) is 0.525. The van der Waals surface area contributed by atoms with Crippen LogP contribution in [0.4, 0.5) is 22.1 Å². The van der Waals surface area contributed by atoms with Crippen LogP contribution >= 0.6 is 0 Å². The second kappa shape index (κ2) is 9.97. The highest BCUT2D eigenvalue weighted by Crippen LogP contribution is 2.33. The fraction of sp³-hybridized carbons (Fsp3) is 0.417. The molecule has 0 aliphatic carbocycles. The van der Waals surface area contributed by atoms with Gasteiger partial charge in [0.1, 0.15) is 23.1 Å². The third kappa shape index (κ3) is 5.55. The molecule has 1 aliphatic rings. The van der Waals surface area contributed by atoms with Crippen LogP contribution in [0, 0.1) is 18.3 Å². The van der Waals surface area contributed by atoms with Crippen molar-refractivity contribution in [3.8, 4) is 6.07 Å². The molecule has 0 fully saturated rings. The summed E-state index contributed by atoms with van der Waals surface area (Å²) in [7, 11) is 1.53. The van der Waals surface area contributed by atoms with Crippen LogP contribution in [-0.2, 0) is 16.0 Å². The van der Waals surface area contributed by atoms with E-state index in [1.807, 2.05) is 31.2 Å². The molecule has 0 bridgehead atoms. The van der Waals surface area contributed by atoms with Gasteiger partial charge in [-0.1, -0.05) is 12.1 Å². The van der Waals surface area contributed by atoms with Gasteiger partial charge in [-0.05, 0) is 52.3 Å². The van der Waals surface area contributed by atoms with E-state index in [-0.39, 0.29) is 36.3 Å². The SMILES string of the molecule is COC[C@@H](C)N(Nc1nc(Nc2cccc(C)c2)c2c(c1C#N)CNC2=O)C(=O)OC(C)(C)C. The monoisotopic (exact) mass is 466 g/mol. The van der Waals surface area contributed by atoms with Gasteiger partial charge in [0.2, 0.25) is 0 Å². The standard InChI is InChI=1S/C24H30N6O4/c1-14-8-7-9-16(10-14)27-21-19-18(12-26-22(19)31)17(11-25)20(28-21)29-30(15(2)13-33-6)23(32)34-24(3,4)5/h7-10,15H,12-13H2,1-6H3,(H,26,31)(H2,27,28,29)/t15-/m1/s1. The Morgan fingerprint density at radius 3 is 2.71 bits per heavy atom. The molecule has 10 heteroatoms. The summed E-state index contributed by atoms with van der Waals surface area (Å²) in [5.74, 6) is 0.0831. The number of benzene rings is 1. The third-order valence-corrected chi connectivity index (χ3v) is 5.01. The average Bonchev–Trinajstić information content (AvgIpc) is 3.12. The number of pyridine rings is 1. The number of anilines is 3. The highest BCUT2D eigenvalue weighted by Gasteiger charge is 2.32. The summed E-state index contributed by atoms with van der Waals surface area (Å²) < 4.78 is 10.8. The van der Waals surface area contributed by atoms with Gasteiger partial charge < -0.3 is 20.1 Å². The first kappa shape index (κ1) is 24.8. The number of methoxy groups -OCH3 is 1. The first-order chi connectivity index (χ1) is 16.0. The number of hydrogen-bond acceptors (Lipinski definition) is 8. The van der Waals surface area contributed by atoms with Crippen LogP contribution in [0.5, 0.6) is 0 Å². The minimum Gasteiger partial charge on any atom is -0.442 e. The molecule has 2 heterocycles. The molecule has 1 atom stereocenters. The third-order valence-electron chi connectivity index (χ3n) is 5.01. The summed E-state index contributed by atoms with van der Waals surface area (Å²) in [6.45, 7) is 9.41. The zero-order valence-electron chi connectivity index (χ0n) is 20.3. The van der Waals surface area contributed by atoms with Crippen molar-refractivity contribution >= 4 is 29.3 Å². The van der Waals surface area contributed by atoms with Crippen LogP contribution < -0.4 is 16.1 Å². The number of fused-ring (bicyclic) bond motifs is 1. The van der Waals surface area contributed by atoms with Gasteiger partial charge in [0, 0.05) is 24.9 Å². The molecular formula is C24H30N6O4. The molecule has 0 spiro atoms. The number of ether oxygens (including phenoxy) is 2. The number of hydrogen-bond donors (Lipinski definition) is 3. The Morgan fingerprint density at radius 2 is 2.09 bits per heavy atom. The Morgan fingerprint density at radius 1 is 1.35 bits per heavy atom. The number of rotatable bonds is 7. The van der Waals surface area contributed by atoms with E-state index in [9.17, 15) is 14.9 Å². The number of carbonyl (C=O) groups excluding carboxylic acids is 2. The first-order valence-corrected chi connectivity index (χ1v) is 10.9. The van der Waals surface area contributed by atoms with Gasteiger partial charge in [-0.3, -0.25) is 10.2 Å². The van der Waals surface area contributed by atoms with Crippen molar-refractivity contribution < 1.29 is 19.1 Å². The van der Waals surface area contributed by atoms with E-state index in [1.54, 1.807) is 27.7 Å². The Kier molecular flexibility index (Phi) is 7.27. The topological polar surface area (TPSA) is 129 Å². The van der Waals surface area contributed by atoms with Gasteiger partial charge in [0.25, 0.3) is 5.91 Å². The Hall–Kier alpha value is -3.84. The highest BCUT2D eigenvalue weighted by molar-refractivity contribution is 6.04. The maximum atomic E-state index is 13.0. The van der Waals surface area contributed by atoms with E-state index in [0.717, 1.165) is 11.3 Å². The lowest BCUT2D eigenvalue weighted by atomic mass is 10.1. The fourth-order valence-electron chi connectivity index (χ4n) is 3.54. The van der Waals surface area contributed by atoms with Crippen LogP contribution in [0.3, 0.4) is 0 Å². The van der Waals surface area contributed by atoms with E-state index in [4.69, 9.17) is 9.47 Å². The molecule has 0 radical (unpaired) electrons. The molecule has 2 amide bonds. The van der Waals surface area contributed by atoms with Gasteiger partial charge in [-0.2, -0.15) is 5.26 Å². The normalized spacial score (nSPS) is 13.4. The summed E-state index contributed by atoms with van der Waals surface area (Å²) in [5, 5.41) is 17.1. The largest absolute Gasteiger partial charge is 0.442 e. The van der Waals surface area contributed by atoms with Gasteiger partial charge in [-0.15, -0.1) is 0 Å².